The largest absolute Gasteiger partial charge is 0.454 e. The first-order valence-electron chi connectivity index (χ1n) is 10.3. The maximum Gasteiger partial charge on any atom is 0.293 e. The van der Waals surface area contributed by atoms with E-state index in [2.05, 4.69) is 5.32 Å². The van der Waals surface area contributed by atoms with Crippen molar-refractivity contribution < 1.29 is 28.7 Å². The van der Waals surface area contributed by atoms with Crippen molar-refractivity contribution in [2.75, 3.05) is 19.9 Å². The summed E-state index contributed by atoms with van der Waals surface area (Å²) < 4.78 is 10.6. The van der Waals surface area contributed by atoms with Gasteiger partial charge in [-0.25, -0.2) is 0 Å². The Morgan fingerprint density at radius 3 is 2.67 bits per heavy atom. The number of nitrogens with one attached hydrogen (secondary N) is 1. The van der Waals surface area contributed by atoms with Crippen LogP contribution in [0.2, 0.25) is 0 Å². The van der Waals surface area contributed by atoms with E-state index in [1.54, 1.807) is 35.6 Å². The molecule has 8 nitrogen and oxygen atoms in total. The van der Waals surface area contributed by atoms with Gasteiger partial charge in [0, 0.05) is 41.2 Å². The number of nitrogens with zero attached hydrogens (tertiary/aromatic N) is 1. The Bertz CT molecular complexity index is 1170. The van der Waals surface area contributed by atoms with Crippen molar-refractivity contribution in [3.8, 4) is 11.5 Å². The molecule has 1 fully saturated rings. The van der Waals surface area contributed by atoms with E-state index in [0.717, 1.165) is 32.0 Å². The third kappa shape index (κ3) is 5.28. The molecular weight excluding hydrogens is 464 g/mol. The number of ketones is 1. The number of amides is 3. The smallest absolute Gasteiger partial charge is 0.293 e. The summed E-state index contributed by atoms with van der Waals surface area (Å²) in [4.78, 5) is 52.8. The number of imide groups is 1. The number of benzene rings is 1. The zero-order valence-corrected chi connectivity index (χ0v) is 19.8. The Labute approximate surface area is 198 Å². The first kappa shape index (κ1) is 23.1. The predicted octanol–water partition coefficient (Wildman–Crippen LogP) is 3.91. The molecule has 1 aromatic heterocycles. The van der Waals surface area contributed by atoms with Crippen molar-refractivity contribution in [2.24, 2.45) is 0 Å². The van der Waals surface area contributed by atoms with Gasteiger partial charge in [0.1, 0.15) is 0 Å². The van der Waals surface area contributed by atoms with Gasteiger partial charge in [-0.05, 0) is 55.4 Å². The first-order valence-corrected chi connectivity index (χ1v) is 12.0. The molecule has 1 aromatic carbocycles. The van der Waals surface area contributed by atoms with Crippen molar-refractivity contribution in [3.05, 3.63) is 50.1 Å². The molecule has 172 valence electrons. The Balaban J connectivity index is 1.26. The van der Waals surface area contributed by atoms with Gasteiger partial charge in [0.15, 0.2) is 17.3 Å². The monoisotopic (exact) mass is 486 g/mol. The molecule has 2 aliphatic rings. The zero-order chi connectivity index (χ0) is 23.5. The van der Waals surface area contributed by atoms with Gasteiger partial charge in [-0.2, -0.15) is 0 Å². The lowest BCUT2D eigenvalue weighted by Gasteiger charge is -2.13. The number of aryl methyl sites for hydroxylation is 2. The molecule has 1 saturated heterocycles. The zero-order valence-electron chi connectivity index (χ0n) is 18.1. The van der Waals surface area contributed by atoms with Crippen LogP contribution in [0.1, 0.15) is 38.5 Å². The summed E-state index contributed by atoms with van der Waals surface area (Å²) in [5, 5.41) is 2.29. The topological polar surface area (TPSA) is 102 Å². The molecule has 3 amide bonds. The van der Waals surface area contributed by atoms with Gasteiger partial charge in [0.05, 0.1) is 4.91 Å². The lowest BCUT2D eigenvalue weighted by molar-refractivity contribution is -0.124. The van der Waals surface area contributed by atoms with E-state index in [4.69, 9.17) is 9.47 Å². The standard InChI is InChI=1S/C23H22N2O6S2/c1-13-9-16(14(2)32-13)17(26)4-6-21(27)24-7-8-25-22(28)20(33-23(25)29)11-15-3-5-18-19(10-15)31-12-30-18/h3,5,9-11H,4,6-8,12H2,1-2H3,(H,24,27)/b20-11+. The maximum atomic E-state index is 12.6. The Hall–Kier alpha value is -3.11. The molecule has 10 heteroatoms. The van der Waals surface area contributed by atoms with E-state index in [0.29, 0.717) is 22.0 Å². The molecule has 33 heavy (non-hydrogen) atoms. The summed E-state index contributed by atoms with van der Waals surface area (Å²) in [5.74, 6) is 0.463. The van der Waals surface area contributed by atoms with Gasteiger partial charge >= 0.3 is 0 Å². The Kier molecular flexibility index (Phi) is 6.85. The Morgan fingerprint density at radius 1 is 1.12 bits per heavy atom. The highest BCUT2D eigenvalue weighted by molar-refractivity contribution is 8.18. The molecule has 3 heterocycles. The normalized spacial score (nSPS) is 16.1. The summed E-state index contributed by atoms with van der Waals surface area (Å²) >= 11 is 2.41. The number of hydrogen-bond donors (Lipinski definition) is 1. The van der Waals surface area contributed by atoms with Crippen molar-refractivity contribution in [2.45, 2.75) is 26.7 Å². The van der Waals surface area contributed by atoms with Crippen LogP contribution >= 0.6 is 23.1 Å². The molecule has 0 radical (unpaired) electrons. The van der Waals surface area contributed by atoms with E-state index in [9.17, 15) is 19.2 Å². The van der Waals surface area contributed by atoms with Gasteiger partial charge in [0.2, 0.25) is 12.7 Å². The fourth-order valence-electron chi connectivity index (χ4n) is 3.51. The average molecular weight is 487 g/mol. The SMILES string of the molecule is Cc1cc(C(=O)CCC(=O)NCCN2C(=O)S/C(=C/c3ccc4c(c3)OCO4)C2=O)c(C)s1. The predicted molar refractivity (Wildman–Crippen MR) is 126 cm³/mol. The van der Waals surface area contributed by atoms with Gasteiger partial charge in [-0.15, -0.1) is 11.3 Å². The second-order valence-electron chi connectivity index (χ2n) is 7.55. The van der Waals surface area contributed by atoms with E-state index in [-0.39, 0.29) is 49.7 Å². The molecule has 0 bridgehead atoms. The number of thioether (sulfide) groups is 1. The number of hydrogen-bond acceptors (Lipinski definition) is 8. The number of fused-ring (bicyclic) bond motifs is 1. The minimum Gasteiger partial charge on any atom is -0.454 e. The second kappa shape index (κ2) is 9.80. The number of carbonyl (C=O) groups excluding carboxylic acids is 4. The highest BCUT2D eigenvalue weighted by atomic mass is 32.2. The van der Waals surface area contributed by atoms with Gasteiger partial charge < -0.3 is 14.8 Å². The highest BCUT2D eigenvalue weighted by Crippen LogP contribution is 2.36. The van der Waals surface area contributed by atoms with Crippen molar-refractivity contribution >= 4 is 52.0 Å². The molecule has 4 rings (SSSR count). The number of thiophene rings is 1. The molecule has 0 atom stereocenters. The third-order valence-electron chi connectivity index (χ3n) is 5.15. The van der Waals surface area contributed by atoms with E-state index < -0.39 is 5.91 Å². The third-order valence-corrected chi connectivity index (χ3v) is 7.02. The van der Waals surface area contributed by atoms with E-state index in [1.807, 2.05) is 19.9 Å². The van der Waals surface area contributed by atoms with Crippen LogP contribution in [-0.4, -0.2) is 47.6 Å². The number of ether oxygens (including phenoxy) is 2. The quantitative estimate of drug-likeness (QED) is 0.446. The van der Waals surface area contributed by atoms with E-state index >= 15 is 0 Å². The van der Waals surface area contributed by atoms with E-state index in [1.165, 1.54) is 0 Å². The van der Waals surface area contributed by atoms with Gasteiger partial charge in [-0.3, -0.25) is 24.1 Å². The van der Waals surface area contributed by atoms with Crippen LogP contribution in [0.3, 0.4) is 0 Å². The molecule has 1 N–H and O–H groups in total. The first-order chi connectivity index (χ1) is 15.8. The molecular formula is C23H22N2O6S2. The van der Waals surface area contributed by atoms with Crippen LogP contribution in [0, 0.1) is 13.8 Å². The molecule has 2 aromatic rings. The van der Waals surface area contributed by atoms with Crippen molar-refractivity contribution in [1.82, 2.24) is 10.2 Å². The summed E-state index contributed by atoms with van der Waals surface area (Å²) in [7, 11) is 0. The van der Waals surface area contributed by atoms with Crippen LogP contribution in [0.25, 0.3) is 6.08 Å². The molecule has 0 aliphatic carbocycles. The van der Waals surface area contributed by atoms with Crippen LogP contribution in [0.15, 0.2) is 29.2 Å². The fraction of sp³-hybridized carbons (Fsp3) is 0.304. The van der Waals surface area contributed by atoms with Crippen LogP contribution < -0.4 is 14.8 Å². The Morgan fingerprint density at radius 2 is 1.91 bits per heavy atom. The van der Waals surface area contributed by atoms with Crippen LogP contribution in [0.5, 0.6) is 11.5 Å². The minimum atomic E-state index is -0.407. The highest BCUT2D eigenvalue weighted by Gasteiger charge is 2.34. The summed E-state index contributed by atoms with van der Waals surface area (Å²) in [6.45, 7) is 4.17. The lowest BCUT2D eigenvalue weighted by Crippen LogP contribution is -2.37. The molecule has 0 saturated carbocycles. The van der Waals surface area contributed by atoms with Crippen LogP contribution in [0.4, 0.5) is 4.79 Å². The molecule has 2 aliphatic heterocycles. The maximum absolute atomic E-state index is 12.6. The van der Waals surface area contributed by atoms with Crippen molar-refractivity contribution in [3.63, 3.8) is 0 Å². The van der Waals surface area contributed by atoms with Gasteiger partial charge in [-0.1, -0.05) is 6.07 Å². The number of carbonyl (C=O) groups is 4. The molecule has 0 spiro atoms. The summed E-state index contributed by atoms with van der Waals surface area (Å²) in [6, 6.07) is 7.12. The summed E-state index contributed by atoms with van der Waals surface area (Å²) in [6.07, 6.45) is 1.80. The lowest BCUT2D eigenvalue weighted by atomic mass is 10.1. The fourth-order valence-corrected chi connectivity index (χ4v) is 5.32. The number of rotatable bonds is 8. The van der Waals surface area contributed by atoms with Crippen LogP contribution in [-0.2, 0) is 9.59 Å². The number of Topliss-reactive ketones (excluding diaryl/α,β-unsaturated/α-hetero) is 1. The van der Waals surface area contributed by atoms with Crippen molar-refractivity contribution in [1.29, 1.82) is 0 Å². The average Bonchev–Trinajstić information content (AvgIpc) is 3.45. The molecule has 0 unspecified atom stereocenters. The minimum absolute atomic E-state index is 0.0546. The second-order valence-corrected chi connectivity index (χ2v) is 10.00. The summed E-state index contributed by atoms with van der Waals surface area (Å²) in [5.41, 5.74) is 1.39. The van der Waals surface area contributed by atoms with Gasteiger partial charge in [0.25, 0.3) is 11.1 Å².